The summed E-state index contributed by atoms with van der Waals surface area (Å²) in [5, 5.41) is 5.12. The topological polar surface area (TPSA) is 65.6 Å². The molecule has 1 aliphatic rings. The number of fused-ring (bicyclic) bond motifs is 3. The molecule has 4 aromatic heterocycles. The molecule has 6 nitrogen and oxygen atoms in total. The standard InChI is InChI=1S/C19H14F3N5O/c1-26-9-12-11-6-7-14(19(20,21)22)24-17(11)27(18(28)16(12)25-26)13-3-2-8-23-15(13)10-4-5-10/h2-3,6-10H,4-5H2,1H3. The highest BCUT2D eigenvalue weighted by Crippen LogP contribution is 2.41. The molecule has 0 amide bonds. The molecule has 0 radical (unpaired) electrons. The van der Waals surface area contributed by atoms with Crippen LogP contribution in [-0.4, -0.2) is 24.3 Å². The van der Waals surface area contributed by atoms with Crippen molar-refractivity contribution in [2.75, 3.05) is 0 Å². The maximum atomic E-state index is 13.3. The highest BCUT2D eigenvalue weighted by atomic mass is 19.4. The van der Waals surface area contributed by atoms with Gasteiger partial charge in [0.15, 0.2) is 5.52 Å². The van der Waals surface area contributed by atoms with Gasteiger partial charge in [-0.15, -0.1) is 0 Å². The number of aromatic nitrogens is 5. The number of hydrogen-bond donors (Lipinski definition) is 0. The Morgan fingerprint density at radius 1 is 1.14 bits per heavy atom. The third-order valence-corrected chi connectivity index (χ3v) is 4.92. The van der Waals surface area contributed by atoms with Gasteiger partial charge in [0.2, 0.25) is 0 Å². The summed E-state index contributed by atoms with van der Waals surface area (Å²) in [5.74, 6) is 0.198. The van der Waals surface area contributed by atoms with E-state index in [0.717, 1.165) is 18.9 Å². The number of rotatable bonds is 2. The predicted molar refractivity (Wildman–Crippen MR) is 96.4 cm³/mol. The summed E-state index contributed by atoms with van der Waals surface area (Å²) in [4.78, 5) is 21.5. The van der Waals surface area contributed by atoms with Gasteiger partial charge in [0.25, 0.3) is 5.56 Å². The summed E-state index contributed by atoms with van der Waals surface area (Å²) in [6, 6.07) is 5.63. The van der Waals surface area contributed by atoms with E-state index in [-0.39, 0.29) is 17.1 Å². The van der Waals surface area contributed by atoms with Crippen molar-refractivity contribution in [3.8, 4) is 5.69 Å². The fourth-order valence-electron chi connectivity index (χ4n) is 3.53. The Bertz CT molecular complexity index is 1300. The molecular formula is C19H14F3N5O. The number of halogens is 3. The van der Waals surface area contributed by atoms with Crippen molar-refractivity contribution in [2.24, 2.45) is 7.05 Å². The lowest BCUT2D eigenvalue weighted by Crippen LogP contribution is -2.22. The largest absolute Gasteiger partial charge is 0.433 e. The predicted octanol–water partition coefficient (Wildman–Crippen LogP) is 3.56. The van der Waals surface area contributed by atoms with E-state index in [1.807, 2.05) is 0 Å². The van der Waals surface area contributed by atoms with Crippen LogP contribution >= 0.6 is 0 Å². The lowest BCUT2D eigenvalue weighted by atomic mass is 10.1. The Labute approximate surface area is 156 Å². The monoisotopic (exact) mass is 385 g/mol. The van der Waals surface area contributed by atoms with Gasteiger partial charge in [-0.2, -0.15) is 18.3 Å². The number of hydrogen-bond acceptors (Lipinski definition) is 4. The summed E-state index contributed by atoms with van der Waals surface area (Å²) in [6.45, 7) is 0. The minimum Gasteiger partial charge on any atom is -0.274 e. The van der Waals surface area contributed by atoms with Gasteiger partial charge in [-0.05, 0) is 37.1 Å². The molecular weight excluding hydrogens is 371 g/mol. The van der Waals surface area contributed by atoms with E-state index in [2.05, 4.69) is 15.1 Å². The molecule has 0 aliphatic heterocycles. The zero-order valence-electron chi connectivity index (χ0n) is 14.7. The zero-order chi connectivity index (χ0) is 19.6. The molecule has 9 heteroatoms. The summed E-state index contributed by atoms with van der Waals surface area (Å²) in [6.07, 6.45) is 0.488. The molecule has 0 aromatic carbocycles. The first kappa shape index (κ1) is 16.9. The van der Waals surface area contributed by atoms with Crippen molar-refractivity contribution in [1.82, 2.24) is 24.3 Å². The third kappa shape index (κ3) is 2.49. The highest BCUT2D eigenvalue weighted by molar-refractivity contribution is 6.03. The average molecular weight is 385 g/mol. The molecule has 0 saturated heterocycles. The maximum absolute atomic E-state index is 13.3. The third-order valence-electron chi connectivity index (χ3n) is 4.92. The fraction of sp³-hybridized carbons (Fsp3) is 0.263. The van der Waals surface area contributed by atoms with Gasteiger partial charge in [-0.25, -0.2) is 4.98 Å². The van der Waals surface area contributed by atoms with Gasteiger partial charge in [-0.3, -0.25) is 19.0 Å². The minimum absolute atomic E-state index is 0.0461. The van der Waals surface area contributed by atoms with Crippen LogP contribution in [0.25, 0.3) is 27.6 Å². The van der Waals surface area contributed by atoms with E-state index >= 15 is 0 Å². The summed E-state index contributed by atoms with van der Waals surface area (Å²) in [5.41, 5.74) is -0.268. The van der Waals surface area contributed by atoms with Crippen LogP contribution in [0.15, 0.2) is 41.5 Å². The van der Waals surface area contributed by atoms with E-state index in [9.17, 15) is 18.0 Å². The first-order valence-electron chi connectivity index (χ1n) is 8.76. The zero-order valence-corrected chi connectivity index (χ0v) is 14.7. The van der Waals surface area contributed by atoms with Gasteiger partial charge < -0.3 is 0 Å². The Balaban J connectivity index is 1.96. The summed E-state index contributed by atoms with van der Waals surface area (Å²) < 4.78 is 42.6. The number of alkyl halides is 3. The maximum Gasteiger partial charge on any atom is 0.433 e. The molecule has 4 aromatic rings. The molecule has 1 fully saturated rings. The fourth-order valence-corrected chi connectivity index (χ4v) is 3.53. The quantitative estimate of drug-likeness (QED) is 0.529. The molecule has 0 N–H and O–H groups in total. The SMILES string of the molecule is Cn1cc2c(n1)c(=O)n(-c1cccnc1C1CC1)c1nc(C(F)(F)F)ccc21. The van der Waals surface area contributed by atoms with Crippen molar-refractivity contribution in [2.45, 2.75) is 24.9 Å². The molecule has 1 aliphatic carbocycles. The second-order valence-corrected chi connectivity index (χ2v) is 6.95. The van der Waals surface area contributed by atoms with Crippen molar-refractivity contribution in [1.29, 1.82) is 0 Å². The lowest BCUT2D eigenvalue weighted by molar-refractivity contribution is -0.141. The van der Waals surface area contributed by atoms with Crippen LogP contribution in [0, 0.1) is 0 Å². The van der Waals surface area contributed by atoms with E-state index < -0.39 is 17.4 Å². The van der Waals surface area contributed by atoms with Gasteiger partial charge >= 0.3 is 6.18 Å². The van der Waals surface area contributed by atoms with Crippen LogP contribution in [0.2, 0.25) is 0 Å². The Hall–Kier alpha value is -3.23. The summed E-state index contributed by atoms with van der Waals surface area (Å²) >= 11 is 0. The Morgan fingerprint density at radius 3 is 2.64 bits per heavy atom. The van der Waals surface area contributed by atoms with Crippen LogP contribution in [0.3, 0.4) is 0 Å². The van der Waals surface area contributed by atoms with E-state index in [4.69, 9.17) is 0 Å². The first-order valence-corrected chi connectivity index (χ1v) is 8.76. The molecule has 0 atom stereocenters. The molecule has 142 valence electrons. The molecule has 1 saturated carbocycles. The molecule has 0 bridgehead atoms. The van der Waals surface area contributed by atoms with Crippen molar-refractivity contribution < 1.29 is 13.2 Å². The average Bonchev–Trinajstić information content (AvgIpc) is 3.42. The van der Waals surface area contributed by atoms with Crippen LogP contribution in [0.1, 0.15) is 30.1 Å². The van der Waals surface area contributed by atoms with E-state index in [0.29, 0.717) is 22.2 Å². The molecule has 0 spiro atoms. The first-order chi connectivity index (χ1) is 13.3. The molecule has 4 heterocycles. The van der Waals surface area contributed by atoms with Crippen LogP contribution in [-0.2, 0) is 13.2 Å². The van der Waals surface area contributed by atoms with Crippen molar-refractivity contribution in [3.63, 3.8) is 0 Å². The number of pyridine rings is 3. The van der Waals surface area contributed by atoms with Gasteiger partial charge in [0.05, 0.1) is 11.4 Å². The van der Waals surface area contributed by atoms with Crippen LogP contribution in [0.5, 0.6) is 0 Å². The second kappa shape index (κ2) is 5.63. The minimum atomic E-state index is -4.62. The van der Waals surface area contributed by atoms with E-state index in [1.165, 1.54) is 15.3 Å². The smallest absolute Gasteiger partial charge is 0.274 e. The van der Waals surface area contributed by atoms with Crippen LogP contribution < -0.4 is 5.56 Å². The highest BCUT2D eigenvalue weighted by Gasteiger charge is 2.34. The van der Waals surface area contributed by atoms with E-state index in [1.54, 1.807) is 31.6 Å². The van der Waals surface area contributed by atoms with Gasteiger partial charge in [0, 0.05) is 36.1 Å². The number of nitrogens with zero attached hydrogens (tertiary/aromatic N) is 5. The van der Waals surface area contributed by atoms with Gasteiger partial charge in [-0.1, -0.05) is 0 Å². The molecule has 28 heavy (non-hydrogen) atoms. The van der Waals surface area contributed by atoms with Crippen LogP contribution in [0.4, 0.5) is 13.2 Å². The molecule has 5 rings (SSSR count). The second-order valence-electron chi connectivity index (χ2n) is 6.95. The normalized spacial score (nSPS) is 14.9. The summed E-state index contributed by atoms with van der Waals surface area (Å²) in [7, 11) is 1.66. The Kier molecular flexibility index (Phi) is 3.40. The number of aryl methyl sites for hydroxylation is 1. The lowest BCUT2D eigenvalue weighted by Gasteiger charge is -2.15. The molecule has 0 unspecified atom stereocenters. The Morgan fingerprint density at radius 2 is 1.93 bits per heavy atom. The van der Waals surface area contributed by atoms with Gasteiger partial charge in [0.1, 0.15) is 11.3 Å². The van der Waals surface area contributed by atoms with Crippen molar-refractivity contribution in [3.05, 3.63) is 58.4 Å². The van der Waals surface area contributed by atoms with Crippen molar-refractivity contribution >= 4 is 21.9 Å².